The predicted molar refractivity (Wildman–Crippen MR) is 68.0 cm³/mol. The molecule has 0 bridgehead atoms. The van der Waals surface area contributed by atoms with Crippen molar-refractivity contribution >= 4 is 10.0 Å². The van der Waals surface area contributed by atoms with E-state index in [0.717, 1.165) is 5.56 Å². The van der Waals surface area contributed by atoms with Crippen molar-refractivity contribution in [3.8, 4) is 0 Å². The van der Waals surface area contributed by atoms with Gasteiger partial charge in [-0.15, -0.1) is 0 Å². The molecule has 0 amide bonds. The van der Waals surface area contributed by atoms with Gasteiger partial charge in [-0.25, -0.2) is 13.1 Å². The first kappa shape index (κ1) is 14.2. The molecule has 0 heterocycles. The lowest BCUT2D eigenvalue weighted by molar-refractivity contribution is 0.245. The highest BCUT2D eigenvalue weighted by Crippen LogP contribution is 2.12. The lowest BCUT2D eigenvalue weighted by Crippen LogP contribution is -2.44. The Bertz CT molecular complexity index is 440. The zero-order valence-electron chi connectivity index (χ0n) is 10.2. The number of rotatable bonds is 6. The molecule has 1 aromatic carbocycles. The van der Waals surface area contributed by atoms with Crippen molar-refractivity contribution in [2.75, 3.05) is 6.61 Å². The van der Waals surface area contributed by atoms with Gasteiger partial charge < -0.3 is 5.11 Å². The van der Waals surface area contributed by atoms with Gasteiger partial charge in [-0.05, 0) is 25.8 Å². The van der Waals surface area contributed by atoms with Crippen LogP contribution in [-0.2, 0) is 15.8 Å². The highest BCUT2D eigenvalue weighted by molar-refractivity contribution is 7.88. The van der Waals surface area contributed by atoms with Crippen molar-refractivity contribution in [1.82, 2.24) is 4.72 Å². The Morgan fingerprint density at radius 2 is 1.82 bits per heavy atom. The summed E-state index contributed by atoms with van der Waals surface area (Å²) in [6.07, 6.45) is 0.390. The van der Waals surface area contributed by atoms with Crippen LogP contribution in [0.2, 0.25) is 0 Å². The molecule has 96 valence electrons. The summed E-state index contributed by atoms with van der Waals surface area (Å²) in [6, 6.07) is 9.02. The summed E-state index contributed by atoms with van der Waals surface area (Å²) in [4.78, 5) is 0. The predicted octanol–water partition coefficient (Wildman–Crippen LogP) is 1.27. The van der Waals surface area contributed by atoms with Crippen molar-refractivity contribution in [3.63, 3.8) is 0 Å². The Morgan fingerprint density at radius 3 is 2.35 bits per heavy atom. The van der Waals surface area contributed by atoms with E-state index in [4.69, 9.17) is 5.11 Å². The van der Waals surface area contributed by atoms with Crippen molar-refractivity contribution in [2.24, 2.45) is 0 Å². The first-order chi connectivity index (χ1) is 7.85. The normalized spacial score (nSPS) is 12.6. The van der Waals surface area contributed by atoms with Crippen LogP contribution in [0, 0.1) is 0 Å². The zero-order valence-corrected chi connectivity index (χ0v) is 11.0. The fraction of sp³-hybridized carbons (Fsp3) is 0.500. The molecule has 0 saturated heterocycles. The summed E-state index contributed by atoms with van der Waals surface area (Å²) in [7, 11) is -3.38. The van der Waals surface area contributed by atoms with E-state index in [1.165, 1.54) is 0 Å². The summed E-state index contributed by atoms with van der Waals surface area (Å²) >= 11 is 0. The summed E-state index contributed by atoms with van der Waals surface area (Å²) in [5.74, 6) is -0.0390. The molecule has 2 N–H and O–H groups in total. The maximum Gasteiger partial charge on any atom is 0.216 e. The Labute approximate surface area is 103 Å². The van der Waals surface area contributed by atoms with Gasteiger partial charge in [0.1, 0.15) is 0 Å². The van der Waals surface area contributed by atoms with Crippen LogP contribution in [0.15, 0.2) is 30.3 Å². The maximum absolute atomic E-state index is 11.9. The number of benzene rings is 1. The first-order valence-corrected chi connectivity index (χ1v) is 7.16. The Balaban J connectivity index is 2.70. The molecule has 1 aromatic rings. The molecule has 0 spiro atoms. The summed E-state index contributed by atoms with van der Waals surface area (Å²) in [5.41, 5.74) is 0.127. The van der Waals surface area contributed by atoms with E-state index in [-0.39, 0.29) is 12.4 Å². The molecule has 0 saturated carbocycles. The Hall–Kier alpha value is -0.910. The van der Waals surface area contributed by atoms with E-state index in [0.29, 0.717) is 6.42 Å². The molecule has 17 heavy (non-hydrogen) atoms. The fourth-order valence-electron chi connectivity index (χ4n) is 1.58. The van der Waals surface area contributed by atoms with Crippen LogP contribution in [0.3, 0.4) is 0 Å². The van der Waals surface area contributed by atoms with E-state index >= 15 is 0 Å². The number of aliphatic hydroxyl groups is 1. The molecular weight excluding hydrogens is 238 g/mol. The van der Waals surface area contributed by atoms with E-state index in [2.05, 4.69) is 4.72 Å². The minimum atomic E-state index is -3.38. The van der Waals surface area contributed by atoms with Crippen LogP contribution in [0.1, 0.15) is 25.8 Å². The van der Waals surface area contributed by atoms with Gasteiger partial charge in [0.25, 0.3) is 0 Å². The molecule has 0 unspecified atom stereocenters. The Morgan fingerprint density at radius 1 is 1.24 bits per heavy atom. The van der Waals surface area contributed by atoms with Crippen molar-refractivity contribution in [3.05, 3.63) is 35.9 Å². The van der Waals surface area contributed by atoms with Crippen LogP contribution < -0.4 is 4.72 Å². The van der Waals surface area contributed by atoms with E-state index < -0.39 is 15.6 Å². The third-order valence-electron chi connectivity index (χ3n) is 2.37. The van der Waals surface area contributed by atoms with E-state index in [9.17, 15) is 8.42 Å². The topological polar surface area (TPSA) is 66.4 Å². The van der Waals surface area contributed by atoms with Crippen LogP contribution >= 0.6 is 0 Å². The van der Waals surface area contributed by atoms with Gasteiger partial charge >= 0.3 is 0 Å². The molecule has 0 radical (unpaired) electrons. The van der Waals surface area contributed by atoms with Crippen molar-refractivity contribution in [1.29, 1.82) is 0 Å². The van der Waals surface area contributed by atoms with Crippen LogP contribution in [0.5, 0.6) is 0 Å². The van der Waals surface area contributed by atoms with Crippen molar-refractivity contribution in [2.45, 2.75) is 31.6 Å². The number of hydrogen-bond acceptors (Lipinski definition) is 3. The number of aliphatic hydroxyl groups excluding tert-OH is 1. The molecule has 1 rings (SSSR count). The molecule has 0 aliphatic rings. The van der Waals surface area contributed by atoms with Crippen molar-refractivity contribution < 1.29 is 13.5 Å². The average molecular weight is 257 g/mol. The monoisotopic (exact) mass is 257 g/mol. The molecule has 0 aliphatic carbocycles. The van der Waals surface area contributed by atoms with Gasteiger partial charge in [0.15, 0.2) is 0 Å². The van der Waals surface area contributed by atoms with Crippen LogP contribution in [0.4, 0.5) is 0 Å². The highest BCUT2D eigenvalue weighted by Gasteiger charge is 2.24. The molecular formula is C12H19NO3S. The lowest BCUT2D eigenvalue weighted by atomic mass is 10.0. The second-order valence-electron chi connectivity index (χ2n) is 4.70. The minimum Gasteiger partial charge on any atom is -0.396 e. The average Bonchev–Trinajstić information content (AvgIpc) is 2.15. The SMILES string of the molecule is CC(C)(CCO)NS(=O)(=O)Cc1ccccc1. The van der Waals surface area contributed by atoms with Gasteiger partial charge in [-0.3, -0.25) is 0 Å². The summed E-state index contributed by atoms with van der Waals surface area (Å²) in [5, 5.41) is 8.85. The van der Waals surface area contributed by atoms with E-state index in [1.54, 1.807) is 26.0 Å². The van der Waals surface area contributed by atoms with Crippen LogP contribution in [-0.4, -0.2) is 25.7 Å². The second-order valence-corrected chi connectivity index (χ2v) is 6.43. The highest BCUT2D eigenvalue weighted by atomic mass is 32.2. The fourth-order valence-corrected chi connectivity index (χ4v) is 3.23. The standard InChI is InChI=1S/C12H19NO3S/c1-12(2,8-9-14)13-17(15,16)10-11-6-4-3-5-7-11/h3-7,13-14H,8-10H2,1-2H3. The van der Waals surface area contributed by atoms with E-state index in [1.807, 2.05) is 18.2 Å². The molecule has 5 heteroatoms. The Kier molecular flexibility index (Phi) is 4.68. The quantitative estimate of drug-likeness (QED) is 0.806. The smallest absolute Gasteiger partial charge is 0.216 e. The second kappa shape index (κ2) is 5.62. The third-order valence-corrected chi connectivity index (χ3v) is 3.95. The van der Waals surface area contributed by atoms with Gasteiger partial charge in [0.05, 0.1) is 5.75 Å². The first-order valence-electron chi connectivity index (χ1n) is 5.51. The van der Waals surface area contributed by atoms with Gasteiger partial charge in [-0.1, -0.05) is 30.3 Å². The maximum atomic E-state index is 11.9. The summed E-state index contributed by atoms with van der Waals surface area (Å²) < 4.78 is 26.4. The third kappa shape index (κ3) is 5.30. The van der Waals surface area contributed by atoms with Gasteiger partial charge in [-0.2, -0.15) is 0 Å². The van der Waals surface area contributed by atoms with Gasteiger partial charge in [0, 0.05) is 12.1 Å². The minimum absolute atomic E-state index is 0.0390. The number of sulfonamides is 1. The lowest BCUT2D eigenvalue weighted by Gasteiger charge is -2.24. The largest absolute Gasteiger partial charge is 0.396 e. The summed E-state index contributed by atoms with van der Waals surface area (Å²) in [6.45, 7) is 3.47. The zero-order chi connectivity index (χ0) is 12.9. The molecule has 0 atom stereocenters. The molecule has 4 nitrogen and oxygen atoms in total. The molecule has 0 aliphatic heterocycles. The van der Waals surface area contributed by atoms with Crippen LogP contribution in [0.25, 0.3) is 0 Å². The number of nitrogens with one attached hydrogen (secondary N) is 1. The molecule has 0 aromatic heterocycles. The molecule has 0 fully saturated rings. The van der Waals surface area contributed by atoms with Gasteiger partial charge in [0.2, 0.25) is 10.0 Å². The number of hydrogen-bond donors (Lipinski definition) is 2.